The van der Waals surface area contributed by atoms with Crippen LogP contribution in [0, 0.1) is 0 Å². The van der Waals surface area contributed by atoms with Crippen LogP contribution in [0.2, 0.25) is 0 Å². The number of aromatic nitrogens is 2. The Balaban J connectivity index is 1.91. The van der Waals surface area contributed by atoms with Crippen molar-refractivity contribution in [1.82, 2.24) is 9.78 Å². The second-order valence-corrected chi connectivity index (χ2v) is 4.96. The van der Waals surface area contributed by atoms with Crippen molar-refractivity contribution in [3.05, 3.63) is 76.8 Å². The van der Waals surface area contributed by atoms with Crippen molar-refractivity contribution in [2.45, 2.75) is 6.54 Å². The number of rotatable bonds is 2. The summed E-state index contributed by atoms with van der Waals surface area (Å²) in [6.45, 7) is 0.628. The fraction of sp³-hybridized carbons (Fsp3) is 0.0588. The molecule has 4 heteroatoms. The molecule has 21 heavy (non-hydrogen) atoms. The molecule has 0 bridgehead atoms. The summed E-state index contributed by atoms with van der Waals surface area (Å²) in [4.78, 5) is 12.0. The van der Waals surface area contributed by atoms with Crippen LogP contribution in [0.3, 0.4) is 0 Å². The Morgan fingerprint density at radius 2 is 1.71 bits per heavy atom. The highest BCUT2D eigenvalue weighted by atomic mass is 16.4. The predicted octanol–water partition coefficient (Wildman–Crippen LogP) is 3.19. The number of nitrogens with zero attached hydrogens (tertiary/aromatic N) is 2. The highest BCUT2D eigenvalue weighted by molar-refractivity contribution is 6.01. The number of para-hydroxylation sites is 1. The van der Waals surface area contributed by atoms with Gasteiger partial charge in [-0.1, -0.05) is 42.5 Å². The van der Waals surface area contributed by atoms with E-state index in [1.807, 2.05) is 48.5 Å². The van der Waals surface area contributed by atoms with E-state index in [4.69, 9.17) is 4.42 Å². The number of benzene rings is 2. The molecule has 4 aromatic rings. The fourth-order valence-electron chi connectivity index (χ4n) is 2.53. The lowest BCUT2D eigenvalue weighted by Crippen LogP contribution is -1.99. The van der Waals surface area contributed by atoms with Crippen LogP contribution in [0.15, 0.2) is 70.0 Å². The summed E-state index contributed by atoms with van der Waals surface area (Å²) in [7, 11) is 0. The molecule has 4 rings (SSSR count). The van der Waals surface area contributed by atoms with E-state index in [-0.39, 0.29) is 5.63 Å². The second-order valence-electron chi connectivity index (χ2n) is 4.96. The maximum atomic E-state index is 12.0. The summed E-state index contributed by atoms with van der Waals surface area (Å²) in [6, 6.07) is 17.5. The molecule has 0 aliphatic heterocycles. The molecule has 2 aromatic heterocycles. The number of fused-ring (bicyclic) bond motifs is 3. The minimum absolute atomic E-state index is 0.344. The molecule has 4 nitrogen and oxygen atoms in total. The zero-order valence-corrected chi connectivity index (χ0v) is 11.2. The van der Waals surface area contributed by atoms with Gasteiger partial charge in [0.2, 0.25) is 0 Å². The zero-order chi connectivity index (χ0) is 14.2. The molecular weight excluding hydrogens is 264 g/mol. The fourth-order valence-corrected chi connectivity index (χ4v) is 2.53. The third kappa shape index (κ3) is 2.01. The first-order valence-corrected chi connectivity index (χ1v) is 6.74. The molecule has 0 aliphatic carbocycles. The van der Waals surface area contributed by atoms with Gasteiger partial charge in [-0.15, -0.1) is 0 Å². The van der Waals surface area contributed by atoms with Crippen LogP contribution in [0.25, 0.3) is 21.9 Å². The van der Waals surface area contributed by atoms with Crippen LogP contribution in [0.4, 0.5) is 0 Å². The largest absolute Gasteiger partial charge is 0.422 e. The molecular formula is C17H12N2O2. The molecule has 0 unspecified atom stereocenters. The van der Waals surface area contributed by atoms with Gasteiger partial charge >= 0.3 is 5.63 Å². The van der Waals surface area contributed by atoms with Crippen LogP contribution in [-0.4, -0.2) is 9.78 Å². The molecule has 0 N–H and O–H groups in total. The van der Waals surface area contributed by atoms with Gasteiger partial charge in [0.05, 0.1) is 6.54 Å². The van der Waals surface area contributed by atoms with Crippen molar-refractivity contribution in [2.75, 3.05) is 0 Å². The van der Waals surface area contributed by atoms with Crippen molar-refractivity contribution in [3.63, 3.8) is 0 Å². The van der Waals surface area contributed by atoms with Crippen molar-refractivity contribution in [3.8, 4) is 0 Å². The van der Waals surface area contributed by atoms with E-state index in [0.29, 0.717) is 23.0 Å². The Morgan fingerprint density at radius 1 is 0.952 bits per heavy atom. The Bertz CT molecular complexity index is 984. The van der Waals surface area contributed by atoms with Gasteiger partial charge in [-0.25, -0.2) is 4.79 Å². The molecule has 0 atom stereocenters. The van der Waals surface area contributed by atoms with E-state index < -0.39 is 0 Å². The molecule has 102 valence electrons. The lowest BCUT2D eigenvalue weighted by atomic mass is 10.2. The molecule has 0 spiro atoms. The Hall–Kier alpha value is -2.88. The van der Waals surface area contributed by atoms with Gasteiger partial charge in [0, 0.05) is 11.6 Å². The summed E-state index contributed by atoms with van der Waals surface area (Å²) >= 11 is 0. The average molecular weight is 276 g/mol. The van der Waals surface area contributed by atoms with Crippen LogP contribution in [0.5, 0.6) is 0 Å². The molecule has 0 amide bonds. The average Bonchev–Trinajstić information content (AvgIpc) is 2.93. The maximum absolute atomic E-state index is 12.0. The molecule has 0 radical (unpaired) electrons. The van der Waals surface area contributed by atoms with E-state index in [1.54, 1.807) is 16.9 Å². The normalized spacial score (nSPS) is 11.2. The van der Waals surface area contributed by atoms with E-state index >= 15 is 0 Å². The number of hydrogen-bond acceptors (Lipinski definition) is 3. The van der Waals surface area contributed by atoms with E-state index in [9.17, 15) is 4.79 Å². The van der Waals surface area contributed by atoms with Gasteiger partial charge in [0.15, 0.2) is 0 Å². The van der Waals surface area contributed by atoms with Gasteiger partial charge in [0.25, 0.3) is 0 Å². The maximum Gasteiger partial charge on any atom is 0.347 e. The SMILES string of the molecule is O=c1oc2ccccc2c2nn(Cc3ccccc3)cc12. The lowest BCUT2D eigenvalue weighted by molar-refractivity contribution is 0.569. The third-order valence-electron chi connectivity index (χ3n) is 3.51. The summed E-state index contributed by atoms with van der Waals surface area (Å²) in [5.74, 6) is 0. The lowest BCUT2D eigenvalue weighted by Gasteiger charge is -2.00. The van der Waals surface area contributed by atoms with Crippen molar-refractivity contribution >= 4 is 21.9 Å². The van der Waals surface area contributed by atoms with Gasteiger partial charge in [0.1, 0.15) is 16.5 Å². The molecule has 0 fully saturated rings. The zero-order valence-electron chi connectivity index (χ0n) is 11.2. The Morgan fingerprint density at radius 3 is 2.57 bits per heavy atom. The minimum Gasteiger partial charge on any atom is -0.422 e. The highest BCUT2D eigenvalue weighted by Gasteiger charge is 2.11. The molecule has 2 heterocycles. The van der Waals surface area contributed by atoms with E-state index in [2.05, 4.69) is 5.10 Å². The van der Waals surface area contributed by atoms with Crippen molar-refractivity contribution < 1.29 is 4.42 Å². The Kier molecular flexibility index (Phi) is 2.60. The molecule has 2 aromatic carbocycles. The van der Waals surface area contributed by atoms with Gasteiger partial charge in [-0.05, 0) is 17.7 Å². The first-order chi connectivity index (χ1) is 10.3. The topological polar surface area (TPSA) is 48.0 Å². The van der Waals surface area contributed by atoms with Crippen LogP contribution >= 0.6 is 0 Å². The number of hydrogen-bond donors (Lipinski definition) is 0. The summed E-state index contributed by atoms with van der Waals surface area (Å²) in [6.07, 6.45) is 1.75. The van der Waals surface area contributed by atoms with Crippen molar-refractivity contribution in [1.29, 1.82) is 0 Å². The first kappa shape index (κ1) is 11.9. The smallest absolute Gasteiger partial charge is 0.347 e. The molecule has 0 saturated carbocycles. The second kappa shape index (κ2) is 4.59. The van der Waals surface area contributed by atoms with Gasteiger partial charge in [-0.2, -0.15) is 5.10 Å². The van der Waals surface area contributed by atoms with Crippen molar-refractivity contribution in [2.24, 2.45) is 0 Å². The first-order valence-electron chi connectivity index (χ1n) is 6.74. The monoisotopic (exact) mass is 276 g/mol. The summed E-state index contributed by atoms with van der Waals surface area (Å²) in [5, 5.41) is 5.93. The quantitative estimate of drug-likeness (QED) is 0.528. The standard InChI is InChI=1S/C17H12N2O2/c20-17-14-11-19(10-12-6-2-1-3-7-12)18-16(14)13-8-4-5-9-15(13)21-17/h1-9,11H,10H2. The molecule has 0 saturated heterocycles. The highest BCUT2D eigenvalue weighted by Crippen LogP contribution is 2.21. The summed E-state index contributed by atoms with van der Waals surface area (Å²) in [5.41, 5.74) is 2.06. The van der Waals surface area contributed by atoms with Gasteiger partial charge < -0.3 is 4.42 Å². The minimum atomic E-state index is -0.344. The predicted molar refractivity (Wildman–Crippen MR) is 81.3 cm³/mol. The van der Waals surface area contributed by atoms with Crippen LogP contribution in [0.1, 0.15) is 5.56 Å². The van der Waals surface area contributed by atoms with Crippen LogP contribution in [-0.2, 0) is 6.54 Å². The van der Waals surface area contributed by atoms with E-state index in [1.165, 1.54) is 0 Å². The summed E-state index contributed by atoms with van der Waals surface area (Å²) < 4.78 is 7.11. The van der Waals surface area contributed by atoms with Gasteiger partial charge in [-0.3, -0.25) is 4.68 Å². The molecule has 0 aliphatic rings. The van der Waals surface area contributed by atoms with E-state index in [0.717, 1.165) is 10.9 Å². The Labute approximate surface area is 120 Å². The van der Waals surface area contributed by atoms with Crippen LogP contribution < -0.4 is 5.63 Å². The third-order valence-corrected chi connectivity index (χ3v) is 3.51.